The molecule has 26 heavy (non-hydrogen) atoms. The van der Waals surface area contributed by atoms with Crippen LogP contribution in [-0.4, -0.2) is 39.0 Å². The highest BCUT2D eigenvalue weighted by molar-refractivity contribution is 7.99. The Balaban J connectivity index is 1.56. The number of thioether (sulfide) groups is 1. The van der Waals surface area contributed by atoms with Gasteiger partial charge in [0.15, 0.2) is 5.16 Å². The van der Waals surface area contributed by atoms with Crippen LogP contribution < -0.4 is 10.6 Å². The van der Waals surface area contributed by atoms with Crippen LogP contribution in [0.3, 0.4) is 0 Å². The largest absolute Gasteiger partial charge is 0.480 e. The van der Waals surface area contributed by atoms with Crippen molar-refractivity contribution in [1.82, 2.24) is 14.9 Å². The lowest BCUT2D eigenvalue weighted by Gasteiger charge is -2.08. The number of fused-ring (bicyclic) bond motifs is 1. The summed E-state index contributed by atoms with van der Waals surface area (Å²) < 4.78 is 1.67. The van der Waals surface area contributed by atoms with E-state index in [1.807, 2.05) is 54.6 Å². The molecule has 0 radical (unpaired) electrons. The van der Waals surface area contributed by atoms with Crippen molar-refractivity contribution in [3.8, 4) is 0 Å². The molecule has 0 aliphatic heterocycles. The molecule has 0 bridgehead atoms. The minimum Gasteiger partial charge on any atom is -0.480 e. The Morgan fingerprint density at radius 1 is 1.08 bits per heavy atom. The van der Waals surface area contributed by atoms with Crippen molar-refractivity contribution in [2.45, 2.75) is 11.7 Å². The Labute approximate surface area is 154 Å². The van der Waals surface area contributed by atoms with Crippen LogP contribution >= 0.6 is 11.8 Å². The third-order valence-electron chi connectivity index (χ3n) is 3.56. The summed E-state index contributed by atoms with van der Waals surface area (Å²) in [5, 5.41) is 15.3. The Bertz CT molecular complexity index is 911. The molecule has 0 spiro atoms. The first-order valence-corrected chi connectivity index (χ1v) is 9.02. The predicted octanol–water partition coefficient (Wildman–Crippen LogP) is 3.03. The molecule has 3 aromatic rings. The fraction of sp³-hybridized carbons (Fsp3) is 0.167. The molecule has 2 amide bonds. The molecule has 0 fully saturated rings. The number of hydrogen-bond acceptors (Lipinski definition) is 4. The van der Waals surface area contributed by atoms with Crippen LogP contribution in [0.4, 0.5) is 10.5 Å². The van der Waals surface area contributed by atoms with Crippen LogP contribution in [0.2, 0.25) is 0 Å². The average molecular weight is 370 g/mol. The number of carbonyl (C=O) groups excluding carboxylic acids is 1. The average Bonchev–Trinajstić information content (AvgIpc) is 2.97. The Hall–Kier alpha value is -3.00. The number of benzene rings is 2. The Morgan fingerprint density at radius 2 is 1.81 bits per heavy atom. The zero-order valence-corrected chi connectivity index (χ0v) is 14.7. The topological polar surface area (TPSA) is 96.2 Å². The maximum atomic E-state index is 11.8. The number of amides is 2. The number of nitrogens with zero attached hydrogens (tertiary/aromatic N) is 2. The maximum Gasteiger partial charge on any atom is 0.323 e. The van der Waals surface area contributed by atoms with E-state index in [1.54, 1.807) is 4.57 Å². The minimum atomic E-state index is -0.921. The highest BCUT2D eigenvalue weighted by atomic mass is 32.2. The SMILES string of the molecule is O=C(O)Cn1c(SCCNC(=O)Nc2ccccc2)nc2ccccc21. The molecular weight excluding hydrogens is 352 g/mol. The van der Waals surface area contributed by atoms with Gasteiger partial charge in [-0.15, -0.1) is 0 Å². The van der Waals surface area contributed by atoms with E-state index in [0.717, 1.165) is 16.7 Å². The molecule has 3 rings (SSSR count). The zero-order valence-electron chi connectivity index (χ0n) is 13.9. The number of imidazole rings is 1. The van der Waals surface area contributed by atoms with Gasteiger partial charge in [-0.2, -0.15) is 0 Å². The van der Waals surface area contributed by atoms with Crippen molar-refractivity contribution in [2.24, 2.45) is 0 Å². The van der Waals surface area contributed by atoms with Crippen molar-refractivity contribution in [3.05, 3.63) is 54.6 Å². The monoisotopic (exact) mass is 370 g/mol. The van der Waals surface area contributed by atoms with Crippen LogP contribution in [0.25, 0.3) is 11.0 Å². The molecule has 0 atom stereocenters. The lowest BCUT2D eigenvalue weighted by Crippen LogP contribution is -2.30. The van der Waals surface area contributed by atoms with Crippen LogP contribution in [0, 0.1) is 0 Å². The summed E-state index contributed by atoms with van der Waals surface area (Å²) in [4.78, 5) is 27.5. The number of anilines is 1. The smallest absolute Gasteiger partial charge is 0.323 e. The van der Waals surface area contributed by atoms with E-state index in [-0.39, 0.29) is 12.6 Å². The molecular formula is C18H18N4O3S. The summed E-state index contributed by atoms with van der Waals surface area (Å²) in [6.07, 6.45) is 0. The number of carboxylic acids is 1. The van der Waals surface area contributed by atoms with Gasteiger partial charge in [-0.3, -0.25) is 4.79 Å². The second kappa shape index (κ2) is 8.39. The quantitative estimate of drug-likeness (QED) is 0.439. The van der Waals surface area contributed by atoms with Crippen molar-refractivity contribution < 1.29 is 14.7 Å². The van der Waals surface area contributed by atoms with Crippen molar-refractivity contribution in [2.75, 3.05) is 17.6 Å². The first-order valence-electron chi connectivity index (χ1n) is 8.03. The first kappa shape index (κ1) is 17.8. The lowest BCUT2D eigenvalue weighted by atomic mass is 10.3. The predicted molar refractivity (Wildman–Crippen MR) is 102 cm³/mol. The van der Waals surface area contributed by atoms with Gasteiger partial charge in [0, 0.05) is 18.0 Å². The summed E-state index contributed by atoms with van der Waals surface area (Å²) >= 11 is 1.41. The third-order valence-corrected chi connectivity index (χ3v) is 4.54. The van der Waals surface area contributed by atoms with E-state index in [4.69, 9.17) is 5.11 Å². The first-order chi connectivity index (χ1) is 12.6. The number of aromatic nitrogens is 2. The molecule has 7 nitrogen and oxygen atoms in total. The van der Waals surface area contributed by atoms with Gasteiger partial charge in [-0.1, -0.05) is 42.1 Å². The van der Waals surface area contributed by atoms with E-state index in [1.165, 1.54) is 11.8 Å². The van der Waals surface area contributed by atoms with E-state index in [2.05, 4.69) is 15.6 Å². The Morgan fingerprint density at radius 3 is 2.58 bits per heavy atom. The normalized spacial score (nSPS) is 10.6. The van der Waals surface area contributed by atoms with Crippen LogP contribution in [0.1, 0.15) is 0 Å². The molecule has 0 saturated heterocycles. The third kappa shape index (κ3) is 4.54. The van der Waals surface area contributed by atoms with Crippen LogP contribution in [0.5, 0.6) is 0 Å². The number of carboxylic acid groups (broad SMARTS) is 1. The number of urea groups is 1. The highest BCUT2D eigenvalue weighted by Crippen LogP contribution is 2.23. The number of rotatable bonds is 7. The number of carbonyl (C=O) groups is 2. The molecule has 8 heteroatoms. The van der Waals surface area contributed by atoms with Gasteiger partial charge < -0.3 is 20.3 Å². The highest BCUT2D eigenvalue weighted by Gasteiger charge is 2.13. The zero-order chi connectivity index (χ0) is 18.4. The van der Waals surface area contributed by atoms with Crippen molar-refractivity contribution >= 4 is 40.5 Å². The maximum absolute atomic E-state index is 11.8. The van der Waals surface area contributed by atoms with Crippen molar-refractivity contribution in [3.63, 3.8) is 0 Å². The number of hydrogen-bond donors (Lipinski definition) is 3. The van der Waals surface area contributed by atoms with E-state index in [0.29, 0.717) is 17.5 Å². The molecule has 0 saturated carbocycles. The summed E-state index contributed by atoms with van der Waals surface area (Å²) in [6, 6.07) is 16.3. The number of aliphatic carboxylic acids is 1. The van der Waals surface area contributed by atoms with Gasteiger partial charge in [0.25, 0.3) is 0 Å². The molecule has 0 unspecified atom stereocenters. The molecule has 0 aliphatic carbocycles. The number of para-hydroxylation sites is 3. The molecule has 134 valence electrons. The van der Waals surface area contributed by atoms with Gasteiger partial charge in [0.1, 0.15) is 6.54 Å². The number of nitrogens with one attached hydrogen (secondary N) is 2. The fourth-order valence-electron chi connectivity index (χ4n) is 2.46. The van der Waals surface area contributed by atoms with Gasteiger partial charge in [0.05, 0.1) is 11.0 Å². The lowest BCUT2D eigenvalue weighted by molar-refractivity contribution is -0.137. The molecule has 1 aromatic heterocycles. The van der Waals surface area contributed by atoms with Gasteiger partial charge in [-0.25, -0.2) is 9.78 Å². The fourth-order valence-corrected chi connectivity index (χ4v) is 3.32. The van der Waals surface area contributed by atoms with Gasteiger partial charge in [-0.05, 0) is 24.3 Å². The molecule has 2 aromatic carbocycles. The molecule has 0 aliphatic rings. The second-order valence-corrected chi connectivity index (χ2v) is 6.52. The molecule has 3 N–H and O–H groups in total. The van der Waals surface area contributed by atoms with E-state index in [9.17, 15) is 9.59 Å². The Kier molecular flexibility index (Phi) is 5.75. The van der Waals surface area contributed by atoms with Crippen LogP contribution in [0.15, 0.2) is 59.8 Å². The van der Waals surface area contributed by atoms with E-state index >= 15 is 0 Å². The second-order valence-electron chi connectivity index (χ2n) is 5.46. The summed E-state index contributed by atoms with van der Waals surface area (Å²) in [7, 11) is 0. The minimum absolute atomic E-state index is 0.148. The van der Waals surface area contributed by atoms with E-state index < -0.39 is 5.97 Å². The van der Waals surface area contributed by atoms with Gasteiger partial charge in [0.2, 0.25) is 0 Å². The van der Waals surface area contributed by atoms with Gasteiger partial charge >= 0.3 is 12.0 Å². The standard InChI is InChI=1S/C18H18N4O3S/c23-16(24)12-22-15-9-5-4-8-14(15)21-18(22)26-11-10-19-17(25)20-13-6-2-1-3-7-13/h1-9H,10-12H2,(H,23,24)(H2,19,20,25). The van der Waals surface area contributed by atoms with Crippen molar-refractivity contribution in [1.29, 1.82) is 0 Å². The molecule has 1 heterocycles. The summed E-state index contributed by atoms with van der Waals surface area (Å²) in [5.74, 6) is -0.346. The van der Waals surface area contributed by atoms with Crippen LogP contribution in [-0.2, 0) is 11.3 Å². The summed E-state index contributed by atoms with van der Waals surface area (Å²) in [6.45, 7) is 0.282. The summed E-state index contributed by atoms with van der Waals surface area (Å²) in [5.41, 5.74) is 2.26.